The summed E-state index contributed by atoms with van der Waals surface area (Å²) in [5.41, 5.74) is 1.84. The fourth-order valence-corrected chi connectivity index (χ4v) is 4.31. The number of thioether (sulfide) groups is 1. The average Bonchev–Trinajstić information content (AvgIpc) is 3.22. The van der Waals surface area contributed by atoms with E-state index in [4.69, 9.17) is 11.6 Å². The van der Waals surface area contributed by atoms with Crippen molar-refractivity contribution in [2.24, 2.45) is 0 Å². The van der Waals surface area contributed by atoms with E-state index >= 15 is 0 Å². The topological polar surface area (TPSA) is 68.1 Å². The van der Waals surface area contributed by atoms with Crippen LogP contribution in [-0.4, -0.2) is 43.8 Å². The Morgan fingerprint density at radius 2 is 1.71 bits per heavy atom. The number of hydrogen-bond acceptors (Lipinski definition) is 5. The second-order valence-corrected chi connectivity index (χ2v) is 7.72. The first kappa shape index (κ1) is 18.7. The van der Waals surface area contributed by atoms with Crippen LogP contribution in [0.1, 0.15) is 27.6 Å². The standard InChI is InChI=1S/C20H17ClN4O2S/c1-2-24-17(13-6-5-7-14(21)12-13)22-23-20(24)28-11-10-25-18(26)15-8-3-4-9-16(15)19(25)27/h3-9,12H,2,10-11H2,1H3. The molecule has 28 heavy (non-hydrogen) atoms. The molecule has 0 atom stereocenters. The van der Waals surface area contributed by atoms with Crippen LogP contribution in [0.4, 0.5) is 0 Å². The Balaban J connectivity index is 1.47. The van der Waals surface area contributed by atoms with Crippen LogP contribution in [0.2, 0.25) is 5.02 Å². The summed E-state index contributed by atoms with van der Waals surface area (Å²) < 4.78 is 2.00. The fourth-order valence-electron chi connectivity index (χ4n) is 3.19. The van der Waals surface area contributed by atoms with Crippen molar-refractivity contribution in [3.63, 3.8) is 0 Å². The van der Waals surface area contributed by atoms with Gasteiger partial charge in [0.15, 0.2) is 11.0 Å². The maximum atomic E-state index is 12.4. The van der Waals surface area contributed by atoms with Crippen molar-refractivity contribution >= 4 is 35.2 Å². The number of rotatable bonds is 6. The van der Waals surface area contributed by atoms with E-state index in [9.17, 15) is 9.59 Å². The highest BCUT2D eigenvalue weighted by atomic mass is 35.5. The molecule has 0 aliphatic carbocycles. The zero-order chi connectivity index (χ0) is 19.7. The normalized spacial score (nSPS) is 13.3. The quantitative estimate of drug-likeness (QED) is 0.452. The summed E-state index contributed by atoms with van der Waals surface area (Å²) in [6.07, 6.45) is 0. The maximum Gasteiger partial charge on any atom is 0.261 e. The van der Waals surface area contributed by atoms with E-state index in [0.29, 0.717) is 35.0 Å². The Bertz CT molecular complexity index is 1030. The number of halogens is 1. The first-order chi connectivity index (χ1) is 13.6. The molecule has 2 heterocycles. The van der Waals surface area contributed by atoms with Gasteiger partial charge in [0.25, 0.3) is 11.8 Å². The molecule has 0 spiro atoms. The molecule has 0 bridgehead atoms. The number of amides is 2. The van der Waals surface area contributed by atoms with Crippen molar-refractivity contribution in [2.75, 3.05) is 12.3 Å². The molecule has 8 heteroatoms. The summed E-state index contributed by atoms with van der Waals surface area (Å²) in [5, 5.41) is 9.96. The highest BCUT2D eigenvalue weighted by molar-refractivity contribution is 7.99. The number of carbonyl (C=O) groups excluding carboxylic acids is 2. The van der Waals surface area contributed by atoms with Crippen LogP contribution in [0.15, 0.2) is 53.7 Å². The van der Waals surface area contributed by atoms with Crippen molar-refractivity contribution in [3.8, 4) is 11.4 Å². The minimum Gasteiger partial charge on any atom is -0.302 e. The number of imide groups is 1. The van der Waals surface area contributed by atoms with Crippen LogP contribution in [0.25, 0.3) is 11.4 Å². The Morgan fingerprint density at radius 1 is 1.00 bits per heavy atom. The molecule has 0 saturated carbocycles. The highest BCUT2D eigenvalue weighted by Gasteiger charge is 2.34. The lowest BCUT2D eigenvalue weighted by Gasteiger charge is -2.13. The van der Waals surface area contributed by atoms with E-state index in [1.54, 1.807) is 24.3 Å². The third kappa shape index (κ3) is 3.31. The summed E-state index contributed by atoms with van der Waals surface area (Å²) in [6, 6.07) is 14.4. The van der Waals surface area contributed by atoms with Crippen LogP contribution in [0, 0.1) is 0 Å². The molecule has 1 aliphatic rings. The molecule has 0 radical (unpaired) electrons. The van der Waals surface area contributed by atoms with Gasteiger partial charge in [-0.2, -0.15) is 0 Å². The van der Waals surface area contributed by atoms with Gasteiger partial charge in [-0.1, -0.05) is 47.6 Å². The van der Waals surface area contributed by atoms with Gasteiger partial charge in [-0.25, -0.2) is 0 Å². The molecular formula is C20H17ClN4O2S. The van der Waals surface area contributed by atoms with E-state index in [1.165, 1.54) is 16.7 Å². The van der Waals surface area contributed by atoms with Crippen molar-refractivity contribution in [3.05, 3.63) is 64.7 Å². The van der Waals surface area contributed by atoms with Gasteiger partial charge in [0, 0.05) is 29.4 Å². The van der Waals surface area contributed by atoms with Crippen LogP contribution < -0.4 is 0 Å². The second kappa shape index (κ2) is 7.77. The molecule has 3 aromatic rings. The lowest BCUT2D eigenvalue weighted by Crippen LogP contribution is -2.31. The summed E-state index contributed by atoms with van der Waals surface area (Å²) in [7, 11) is 0. The van der Waals surface area contributed by atoms with E-state index in [0.717, 1.165) is 16.5 Å². The monoisotopic (exact) mass is 412 g/mol. The van der Waals surface area contributed by atoms with Crippen LogP contribution in [-0.2, 0) is 6.54 Å². The van der Waals surface area contributed by atoms with Crippen LogP contribution >= 0.6 is 23.4 Å². The van der Waals surface area contributed by atoms with Crippen LogP contribution in [0.5, 0.6) is 0 Å². The number of nitrogens with zero attached hydrogens (tertiary/aromatic N) is 4. The molecule has 142 valence electrons. The zero-order valence-corrected chi connectivity index (χ0v) is 16.7. The van der Waals surface area contributed by atoms with Gasteiger partial charge in [-0.05, 0) is 31.2 Å². The lowest BCUT2D eigenvalue weighted by molar-refractivity contribution is 0.0664. The first-order valence-electron chi connectivity index (χ1n) is 8.87. The smallest absolute Gasteiger partial charge is 0.261 e. The van der Waals surface area contributed by atoms with Gasteiger partial charge in [0.05, 0.1) is 11.1 Å². The average molecular weight is 413 g/mol. The number of fused-ring (bicyclic) bond motifs is 1. The predicted molar refractivity (Wildman–Crippen MR) is 109 cm³/mol. The van der Waals surface area contributed by atoms with E-state index in [-0.39, 0.29) is 11.8 Å². The van der Waals surface area contributed by atoms with Gasteiger partial charge in [0.2, 0.25) is 0 Å². The number of aromatic nitrogens is 3. The number of benzene rings is 2. The number of carbonyl (C=O) groups is 2. The third-order valence-electron chi connectivity index (χ3n) is 4.54. The minimum atomic E-state index is -0.238. The van der Waals surface area contributed by atoms with Crippen molar-refractivity contribution in [1.82, 2.24) is 19.7 Å². The largest absolute Gasteiger partial charge is 0.302 e. The molecule has 0 N–H and O–H groups in total. The fraction of sp³-hybridized carbons (Fsp3) is 0.200. The molecule has 6 nitrogen and oxygen atoms in total. The van der Waals surface area contributed by atoms with Crippen molar-refractivity contribution in [2.45, 2.75) is 18.6 Å². The Labute approximate surface area is 171 Å². The molecule has 1 aromatic heterocycles. The Morgan fingerprint density at radius 3 is 2.36 bits per heavy atom. The first-order valence-corrected chi connectivity index (χ1v) is 10.2. The Kier molecular flexibility index (Phi) is 5.19. The minimum absolute atomic E-state index is 0.238. The summed E-state index contributed by atoms with van der Waals surface area (Å²) >= 11 is 7.56. The maximum absolute atomic E-state index is 12.4. The number of hydrogen-bond donors (Lipinski definition) is 0. The van der Waals surface area contributed by atoms with Crippen molar-refractivity contribution in [1.29, 1.82) is 0 Å². The third-order valence-corrected chi connectivity index (χ3v) is 5.72. The van der Waals surface area contributed by atoms with E-state index < -0.39 is 0 Å². The van der Waals surface area contributed by atoms with Gasteiger partial charge in [0.1, 0.15) is 0 Å². The van der Waals surface area contributed by atoms with E-state index in [2.05, 4.69) is 10.2 Å². The van der Waals surface area contributed by atoms with Gasteiger partial charge in [-0.15, -0.1) is 10.2 Å². The van der Waals surface area contributed by atoms with Gasteiger partial charge >= 0.3 is 0 Å². The molecule has 0 fully saturated rings. The molecule has 1 aliphatic heterocycles. The zero-order valence-electron chi connectivity index (χ0n) is 15.1. The molecule has 2 aromatic carbocycles. The SMILES string of the molecule is CCn1c(SCCN2C(=O)c3ccccc3C2=O)nnc1-c1cccc(Cl)c1. The molecule has 0 saturated heterocycles. The van der Waals surface area contributed by atoms with Crippen LogP contribution in [0.3, 0.4) is 0 Å². The predicted octanol–water partition coefficient (Wildman–Crippen LogP) is 4.01. The van der Waals surface area contributed by atoms with Gasteiger partial charge < -0.3 is 4.57 Å². The molecular weight excluding hydrogens is 396 g/mol. The lowest BCUT2D eigenvalue weighted by atomic mass is 10.1. The Hall–Kier alpha value is -2.64. The highest BCUT2D eigenvalue weighted by Crippen LogP contribution is 2.27. The molecule has 0 unspecified atom stereocenters. The van der Waals surface area contributed by atoms with Gasteiger partial charge in [-0.3, -0.25) is 14.5 Å². The second-order valence-electron chi connectivity index (χ2n) is 6.22. The van der Waals surface area contributed by atoms with E-state index in [1.807, 2.05) is 35.8 Å². The summed E-state index contributed by atoms with van der Waals surface area (Å²) in [5.74, 6) is 0.808. The van der Waals surface area contributed by atoms with Crippen molar-refractivity contribution < 1.29 is 9.59 Å². The summed E-state index contributed by atoms with van der Waals surface area (Å²) in [4.78, 5) is 26.2. The summed E-state index contributed by atoms with van der Waals surface area (Å²) in [6.45, 7) is 3.04. The molecule has 4 rings (SSSR count). The molecule has 2 amide bonds.